The fourth-order valence-electron chi connectivity index (χ4n) is 2.22. The van der Waals surface area contributed by atoms with Gasteiger partial charge in [0.05, 0.1) is 24.1 Å². The van der Waals surface area contributed by atoms with Gasteiger partial charge in [-0.25, -0.2) is 4.98 Å². The second-order valence-corrected chi connectivity index (χ2v) is 5.35. The topological polar surface area (TPSA) is 96.9 Å². The Balaban J connectivity index is 1.62. The zero-order valence-electron chi connectivity index (χ0n) is 11.8. The summed E-state index contributed by atoms with van der Waals surface area (Å²) in [6.45, 7) is 1.75. The van der Waals surface area contributed by atoms with Crippen molar-refractivity contribution >= 4 is 17.4 Å². The highest BCUT2D eigenvalue weighted by Crippen LogP contribution is 2.24. The number of aromatic nitrogens is 3. The van der Waals surface area contributed by atoms with Crippen LogP contribution in [-0.2, 0) is 11.3 Å². The average molecular weight is 320 g/mol. The highest BCUT2D eigenvalue weighted by Gasteiger charge is 2.21. The number of ether oxygens (including phenoxy) is 1. The maximum Gasteiger partial charge on any atom is 0.235 e. The Bertz CT molecular complexity index is 691. The van der Waals surface area contributed by atoms with Gasteiger partial charge in [-0.05, 0) is 25.0 Å². The number of hydrogen-bond acceptors (Lipinski definition) is 7. The first-order valence-corrected chi connectivity index (χ1v) is 7.34. The number of nitrogens with zero attached hydrogens (tertiary/aromatic N) is 4. The molecular weight excluding hydrogens is 306 g/mol. The molecule has 3 rings (SSSR count). The van der Waals surface area contributed by atoms with Gasteiger partial charge < -0.3 is 14.5 Å². The molecule has 0 radical (unpaired) electrons. The van der Waals surface area contributed by atoms with Gasteiger partial charge in [-0.1, -0.05) is 11.6 Å². The maximum atomic E-state index is 8.90. The van der Waals surface area contributed by atoms with Crippen molar-refractivity contribution < 1.29 is 9.15 Å². The van der Waals surface area contributed by atoms with Gasteiger partial charge in [-0.15, -0.1) is 10.2 Å². The Labute approximate surface area is 132 Å². The third kappa shape index (κ3) is 3.35. The van der Waals surface area contributed by atoms with Crippen LogP contribution in [0.15, 0.2) is 16.5 Å². The lowest BCUT2D eigenvalue weighted by atomic mass is 10.0. The minimum absolute atomic E-state index is 0.175. The van der Waals surface area contributed by atoms with Crippen LogP contribution in [0.25, 0.3) is 0 Å². The van der Waals surface area contributed by atoms with Gasteiger partial charge in [0.1, 0.15) is 11.9 Å². The first-order valence-electron chi connectivity index (χ1n) is 6.97. The predicted molar refractivity (Wildman–Crippen MR) is 78.4 cm³/mol. The van der Waals surface area contributed by atoms with E-state index in [-0.39, 0.29) is 11.6 Å². The van der Waals surface area contributed by atoms with E-state index in [0.717, 1.165) is 19.4 Å². The van der Waals surface area contributed by atoms with Gasteiger partial charge in [0, 0.05) is 6.61 Å². The summed E-state index contributed by atoms with van der Waals surface area (Å²) in [6.07, 6.45) is 2.01. The molecule has 0 aromatic carbocycles. The van der Waals surface area contributed by atoms with Crippen LogP contribution >= 0.6 is 11.6 Å². The van der Waals surface area contributed by atoms with E-state index < -0.39 is 0 Å². The number of nitriles is 1. The van der Waals surface area contributed by atoms with Crippen molar-refractivity contribution in [2.75, 3.05) is 18.5 Å². The van der Waals surface area contributed by atoms with Crippen LogP contribution in [0.1, 0.15) is 36.2 Å². The summed E-state index contributed by atoms with van der Waals surface area (Å²) in [5.74, 6) is 1.78. The molecule has 1 unspecified atom stereocenters. The Hall–Kier alpha value is -2.17. The lowest BCUT2D eigenvalue weighted by molar-refractivity contribution is 0.0722. The number of hydrogen-bond donors (Lipinski definition) is 1. The summed E-state index contributed by atoms with van der Waals surface area (Å²) >= 11 is 5.84. The van der Waals surface area contributed by atoms with Crippen molar-refractivity contribution in [1.29, 1.82) is 5.26 Å². The Morgan fingerprint density at radius 3 is 3.09 bits per heavy atom. The predicted octanol–water partition coefficient (Wildman–Crippen LogP) is 2.50. The van der Waals surface area contributed by atoms with Crippen molar-refractivity contribution in [1.82, 2.24) is 15.2 Å². The molecule has 1 fully saturated rings. The number of anilines is 1. The second-order valence-electron chi connectivity index (χ2n) is 4.94. The van der Waals surface area contributed by atoms with E-state index in [0.29, 0.717) is 35.8 Å². The minimum Gasteiger partial charge on any atom is -0.423 e. The summed E-state index contributed by atoms with van der Waals surface area (Å²) in [4.78, 5) is 4.09. The zero-order valence-corrected chi connectivity index (χ0v) is 12.5. The van der Waals surface area contributed by atoms with Gasteiger partial charge in [-0.3, -0.25) is 0 Å². The van der Waals surface area contributed by atoms with Crippen LogP contribution in [-0.4, -0.2) is 28.4 Å². The molecule has 0 spiro atoms. The van der Waals surface area contributed by atoms with Gasteiger partial charge in [0.25, 0.3) is 0 Å². The number of halogens is 1. The Morgan fingerprint density at radius 2 is 2.32 bits per heavy atom. The van der Waals surface area contributed by atoms with Crippen LogP contribution in [0.3, 0.4) is 0 Å². The molecule has 7 nitrogen and oxygen atoms in total. The fourth-order valence-corrected chi connectivity index (χ4v) is 2.37. The average Bonchev–Trinajstić information content (AvgIpc) is 3.04. The van der Waals surface area contributed by atoms with Crippen molar-refractivity contribution in [2.45, 2.75) is 25.3 Å². The van der Waals surface area contributed by atoms with Gasteiger partial charge in [0.2, 0.25) is 11.8 Å². The fraction of sp³-hybridized carbons (Fsp3) is 0.429. The molecule has 114 valence electrons. The summed E-state index contributed by atoms with van der Waals surface area (Å²) in [6, 6.07) is 5.24. The standard InChI is InChI=1S/C14H14ClN5O2/c15-10-3-4-12(18-11(10)6-16)17-7-13-19-20-14(22-13)9-2-1-5-21-8-9/h3-4,9H,1-2,5,7-8H2,(H,17,18). The van der Waals surface area contributed by atoms with Crippen LogP contribution in [0.2, 0.25) is 5.02 Å². The molecule has 0 amide bonds. The molecule has 1 N–H and O–H groups in total. The zero-order chi connectivity index (χ0) is 15.4. The van der Waals surface area contributed by atoms with E-state index in [1.54, 1.807) is 12.1 Å². The van der Waals surface area contributed by atoms with Crippen LogP contribution < -0.4 is 5.32 Å². The van der Waals surface area contributed by atoms with Crippen LogP contribution in [0.5, 0.6) is 0 Å². The highest BCUT2D eigenvalue weighted by molar-refractivity contribution is 6.31. The van der Waals surface area contributed by atoms with E-state index in [4.69, 9.17) is 26.0 Å². The lowest BCUT2D eigenvalue weighted by Crippen LogP contribution is -2.15. The molecule has 1 aliphatic heterocycles. The summed E-state index contributed by atoms with van der Waals surface area (Å²) in [5.41, 5.74) is 0.178. The van der Waals surface area contributed by atoms with Gasteiger partial charge >= 0.3 is 0 Å². The summed E-state index contributed by atoms with van der Waals surface area (Å²) in [5, 5.41) is 20.3. The highest BCUT2D eigenvalue weighted by atomic mass is 35.5. The Kier molecular flexibility index (Phi) is 4.51. The second kappa shape index (κ2) is 6.73. The Morgan fingerprint density at radius 1 is 1.41 bits per heavy atom. The third-order valence-electron chi connectivity index (χ3n) is 3.36. The van der Waals surface area contributed by atoms with Crippen LogP contribution in [0.4, 0.5) is 5.82 Å². The molecule has 1 saturated heterocycles. The molecule has 0 saturated carbocycles. The van der Waals surface area contributed by atoms with Crippen LogP contribution in [0, 0.1) is 11.3 Å². The van der Waals surface area contributed by atoms with Crippen molar-refractivity contribution in [2.24, 2.45) is 0 Å². The maximum absolute atomic E-state index is 8.90. The number of rotatable bonds is 4. The molecule has 2 aromatic rings. The van der Waals surface area contributed by atoms with Gasteiger partial charge in [-0.2, -0.15) is 5.26 Å². The number of pyridine rings is 1. The molecule has 8 heteroatoms. The SMILES string of the molecule is N#Cc1nc(NCc2nnc(C3CCCOC3)o2)ccc1Cl. The minimum atomic E-state index is 0.175. The van der Waals surface area contributed by atoms with E-state index in [9.17, 15) is 0 Å². The van der Waals surface area contributed by atoms with Crippen molar-refractivity contribution in [3.63, 3.8) is 0 Å². The largest absolute Gasteiger partial charge is 0.423 e. The molecule has 0 bridgehead atoms. The van der Waals surface area contributed by atoms with E-state index in [1.165, 1.54) is 0 Å². The molecule has 2 aromatic heterocycles. The summed E-state index contributed by atoms with van der Waals surface area (Å²) in [7, 11) is 0. The first-order chi connectivity index (χ1) is 10.8. The molecule has 1 atom stereocenters. The van der Waals surface area contributed by atoms with E-state index in [1.807, 2.05) is 6.07 Å². The van der Waals surface area contributed by atoms with Crippen molar-refractivity contribution in [3.05, 3.63) is 34.6 Å². The van der Waals surface area contributed by atoms with E-state index in [2.05, 4.69) is 20.5 Å². The molecule has 0 aliphatic carbocycles. The van der Waals surface area contributed by atoms with Gasteiger partial charge in [0.15, 0.2) is 5.69 Å². The normalized spacial score (nSPS) is 17.9. The molecule has 3 heterocycles. The number of nitrogens with one attached hydrogen (secondary N) is 1. The molecule has 22 heavy (non-hydrogen) atoms. The first kappa shape index (κ1) is 14.8. The summed E-state index contributed by atoms with van der Waals surface area (Å²) < 4.78 is 11.1. The monoisotopic (exact) mass is 319 g/mol. The lowest BCUT2D eigenvalue weighted by Gasteiger charge is -2.18. The van der Waals surface area contributed by atoms with E-state index >= 15 is 0 Å². The van der Waals surface area contributed by atoms with Crippen molar-refractivity contribution in [3.8, 4) is 6.07 Å². The molecule has 1 aliphatic rings. The smallest absolute Gasteiger partial charge is 0.235 e. The molecular formula is C14H14ClN5O2. The third-order valence-corrected chi connectivity index (χ3v) is 3.67. The quantitative estimate of drug-likeness (QED) is 0.924.